The molecule has 0 spiro atoms. The van der Waals surface area contributed by atoms with Crippen LogP contribution < -0.4 is 5.73 Å². The number of fused-ring (bicyclic) bond motifs is 1. The van der Waals surface area contributed by atoms with Gasteiger partial charge in [-0.05, 0) is 17.5 Å². The van der Waals surface area contributed by atoms with Crippen LogP contribution in [0.1, 0.15) is 39.2 Å². The molecule has 0 aliphatic heterocycles. The highest BCUT2D eigenvalue weighted by atomic mass is 32.1. The monoisotopic (exact) mass is 222 g/mol. The minimum atomic E-state index is 0.531. The molecule has 0 radical (unpaired) electrons. The highest BCUT2D eigenvalue weighted by Crippen LogP contribution is 2.31. The van der Waals surface area contributed by atoms with E-state index in [2.05, 4.69) is 24.9 Å². The number of aromatic nitrogens is 1. The standard InChI is InChI=1S/C10H12N2S.C2H6/c1-6(2)7-4-3-5-8-9(7)13-10(11)12-8;1-2/h3-6H,1-2H3,(H2,11,12);1-2H3. The molecule has 2 rings (SSSR count). The normalized spacial score (nSPS) is 10.2. The van der Waals surface area contributed by atoms with Crippen molar-refractivity contribution in [2.45, 2.75) is 33.6 Å². The van der Waals surface area contributed by atoms with Crippen LogP contribution in [0.15, 0.2) is 18.2 Å². The SMILES string of the molecule is CC.CC(C)c1cccc2nc(N)sc12. The summed E-state index contributed by atoms with van der Waals surface area (Å²) < 4.78 is 1.23. The van der Waals surface area contributed by atoms with Crippen LogP contribution in [0.3, 0.4) is 0 Å². The maximum atomic E-state index is 5.67. The van der Waals surface area contributed by atoms with Crippen molar-refractivity contribution in [2.75, 3.05) is 5.73 Å². The van der Waals surface area contributed by atoms with Crippen LogP contribution in [0.5, 0.6) is 0 Å². The Labute approximate surface area is 95.1 Å². The molecule has 0 aliphatic rings. The van der Waals surface area contributed by atoms with E-state index < -0.39 is 0 Å². The predicted octanol–water partition coefficient (Wildman–Crippen LogP) is 4.03. The minimum absolute atomic E-state index is 0.531. The van der Waals surface area contributed by atoms with E-state index in [9.17, 15) is 0 Å². The van der Waals surface area contributed by atoms with Gasteiger partial charge in [0.2, 0.25) is 0 Å². The van der Waals surface area contributed by atoms with Crippen LogP contribution in [-0.2, 0) is 0 Å². The van der Waals surface area contributed by atoms with Crippen molar-refractivity contribution in [1.82, 2.24) is 4.98 Å². The van der Waals surface area contributed by atoms with Gasteiger partial charge in [0.15, 0.2) is 5.13 Å². The van der Waals surface area contributed by atoms with Gasteiger partial charge in [-0.2, -0.15) is 0 Å². The van der Waals surface area contributed by atoms with Gasteiger partial charge >= 0.3 is 0 Å². The van der Waals surface area contributed by atoms with Crippen molar-refractivity contribution in [3.05, 3.63) is 23.8 Å². The fraction of sp³-hybridized carbons (Fsp3) is 0.417. The van der Waals surface area contributed by atoms with Crippen molar-refractivity contribution >= 4 is 26.7 Å². The molecule has 2 N–H and O–H groups in total. The highest BCUT2D eigenvalue weighted by molar-refractivity contribution is 7.22. The fourth-order valence-corrected chi connectivity index (χ4v) is 2.44. The third-order valence-corrected chi connectivity index (χ3v) is 3.03. The Morgan fingerprint density at radius 1 is 1.27 bits per heavy atom. The second-order valence-electron chi connectivity index (χ2n) is 3.40. The molecule has 15 heavy (non-hydrogen) atoms. The van der Waals surface area contributed by atoms with Crippen molar-refractivity contribution in [1.29, 1.82) is 0 Å². The largest absolute Gasteiger partial charge is 0.375 e. The van der Waals surface area contributed by atoms with Gasteiger partial charge in [0.1, 0.15) is 0 Å². The number of anilines is 1. The summed E-state index contributed by atoms with van der Waals surface area (Å²) in [4.78, 5) is 4.25. The summed E-state index contributed by atoms with van der Waals surface area (Å²) in [6.07, 6.45) is 0. The molecule has 0 atom stereocenters. The van der Waals surface area contributed by atoms with E-state index in [0.29, 0.717) is 11.0 Å². The lowest BCUT2D eigenvalue weighted by atomic mass is 10.0. The number of rotatable bonds is 1. The number of nitrogens with two attached hydrogens (primary N) is 1. The molecule has 0 aliphatic carbocycles. The van der Waals surface area contributed by atoms with Gasteiger partial charge in [-0.15, -0.1) is 0 Å². The van der Waals surface area contributed by atoms with Crippen molar-refractivity contribution in [2.24, 2.45) is 0 Å². The van der Waals surface area contributed by atoms with E-state index in [1.807, 2.05) is 26.0 Å². The second-order valence-corrected chi connectivity index (χ2v) is 4.43. The third-order valence-electron chi connectivity index (χ3n) is 2.08. The molecule has 82 valence electrons. The molecule has 0 amide bonds. The maximum absolute atomic E-state index is 5.67. The van der Waals surface area contributed by atoms with E-state index in [-0.39, 0.29) is 0 Å². The molecule has 0 saturated heterocycles. The van der Waals surface area contributed by atoms with Crippen molar-refractivity contribution in [3.63, 3.8) is 0 Å². The Hall–Kier alpha value is -1.09. The number of nitrogen functional groups attached to an aromatic ring is 1. The summed E-state index contributed by atoms with van der Waals surface area (Å²) in [5, 5.41) is 0.656. The van der Waals surface area contributed by atoms with Crippen molar-refractivity contribution in [3.8, 4) is 0 Å². The van der Waals surface area contributed by atoms with Crippen LogP contribution >= 0.6 is 11.3 Å². The molecule has 2 aromatic rings. The van der Waals surface area contributed by atoms with E-state index in [4.69, 9.17) is 5.73 Å². The molecular weight excluding hydrogens is 204 g/mol. The molecule has 0 bridgehead atoms. The van der Waals surface area contributed by atoms with Gasteiger partial charge in [-0.1, -0.05) is 51.2 Å². The second kappa shape index (κ2) is 5.12. The smallest absolute Gasteiger partial charge is 0.181 e. The average molecular weight is 222 g/mol. The Balaban J connectivity index is 0.000000531. The fourth-order valence-electron chi connectivity index (χ4n) is 1.44. The van der Waals surface area contributed by atoms with E-state index in [0.717, 1.165) is 5.52 Å². The maximum Gasteiger partial charge on any atom is 0.181 e. The lowest BCUT2D eigenvalue weighted by molar-refractivity contribution is 0.878. The number of thiazole rings is 1. The summed E-state index contributed by atoms with van der Waals surface area (Å²) in [5.41, 5.74) is 8.03. The first kappa shape index (κ1) is 12.0. The lowest BCUT2D eigenvalue weighted by Gasteiger charge is -2.04. The van der Waals surface area contributed by atoms with E-state index in [1.54, 1.807) is 11.3 Å². The summed E-state index contributed by atoms with van der Waals surface area (Å²) in [6, 6.07) is 6.19. The highest BCUT2D eigenvalue weighted by Gasteiger charge is 2.08. The van der Waals surface area contributed by atoms with Crippen molar-refractivity contribution < 1.29 is 0 Å². The molecule has 1 aromatic heterocycles. The van der Waals surface area contributed by atoms with Crippen LogP contribution in [0.2, 0.25) is 0 Å². The van der Waals surface area contributed by atoms with Crippen LogP contribution in [0.4, 0.5) is 5.13 Å². The van der Waals surface area contributed by atoms with Crippen LogP contribution in [0, 0.1) is 0 Å². The zero-order valence-electron chi connectivity index (χ0n) is 9.74. The van der Waals surface area contributed by atoms with Gasteiger partial charge in [0.05, 0.1) is 10.2 Å². The molecule has 0 saturated carbocycles. The first-order valence-electron chi connectivity index (χ1n) is 5.33. The molecule has 0 fully saturated rings. The number of nitrogens with zero attached hydrogens (tertiary/aromatic N) is 1. The first-order chi connectivity index (χ1) is 7.18. The first-order valence-corrected chi connectivity index (χ1v) is 6.15. The van der Waals surface area contributed by atoms with Gasteiger partial charge in [0, 0.05) is 0 Å². The zero-order chi connectivity index (χ0) is 11.4. The molecular formula is C12H18N2S. The summed E-state index contributed by atoms with van der Waals surface area (Å²) >= 11 is 1.57. The number of benzene rings is 1. The predicted molar refractivity (Wildman–Crippen MR) is 69.5 cm³/mol. The quantitative estimate of drug-likeness (QED) is 0.791. The Morgan fingerprint density at radius 3 is 2.53 bits per heavy atom. The lowest BCUT2D eigenvalue weighted by Crippen LogP contribution is -1.86. The molecule has 0 unspecified atom stereocenters. The minimum Gasteiger partial charge on any atom is -0.375 e. The third kappa shape index (κ3) is 2.48. The molecule has 1 heterocycles. The summed E-state index contributed by atoms with van der Waals surface area (Å²) in [6.45, 7) is 8.37. The van der Waals surface area contributed by atoms with Gasteiger partial charge in [0.25, 0.3) is 0 Å². The topological polar surface area (TPSA) is 38.9 Å². The number of hydrogen-bond acceptors (Lipinski definition) is 3. The summed E-state index contributed by atoms with van der Waals surface area (Å²) in [5.74, 6) is 0.531. The van der Waals surface area contributed by atoms with Gasteiger partial charge in [-0.3, -0.25) is 0 Å². The van der Waals surface area contributed by atoms with Crippen LogP contribution in [-0.4, -0.2) is 4.98 Å². The summed E-state index contributed by atoms with van der Waals surface area (Å²) in [7, 11) is 0. The Morgan fingerprint density at radius 2 is 1.93 bits per heavy atom. The average Bonchev–Trinajstić information content (AvgIpc) is 2.60. The van der Waals surface area contributed by atoms with Gasteiger partial charge < -0.3 is 5.73 Å². The van der Waals surface area contributed by atoms with E-state index in [1.165, 1.54) is 10.3 Å². The Kier molecular flexibility index (Phi) is 4.09. The molecule has 2 nitrogen and oxygen atoms in total. The number of hydrogen-bond donors (Lipinski definition) is 1. The Bertz CT molecular complexity index is 432. The zero-order valence-corrected chi connectivity index (χ0v) is 10.6. The van der Waals surface area contributed by atoms with E-state index >= 15 is 0 Å². The molecule has 3 heteroatoms. The van der Waals surface area contributed by atoms with Gasteiger partial charge in [-0.25, -0.2) is 4.98 Å². The van der Waals surface area contributed by atoms with Crippen LogP contribution in [0.25, 0.3) is 10.2 Å². The molecule has 1 aromatic carbocycles.